The van der Waals surface area contributed by atoms with Crippen molar-refractivity contribution in [1.29, 1.82) is 0 Å². The lowest BCUT2D eigenvalue weighted by atomic mass is 9.74. The van der Waals surface area contributed by atoms with Gasteiger partial charge in [-0.3, -0.25) is 4.79 Å². The Hall–Kier alpha value is -2.44. The van der Waals surface area contributed by atoms with Crippen molar-refractivity contribution in [2.45, 2.75) is 18.3 Å². The van der Waals surface area contributed by atoms with Gasteiger partial charge in [0, 0.05) is 32.3 Å². The summed E-state index contributed by atoms with van der Waals surface area (Å²) in [5, 5.41) is 3.05. The fourth-order valence-corrected chi connectivity index (χ4v) is 3.49. The highest BCUT2D eigenvalue weighted by atomic mass is 19.1. The average molecular weight is 387 g/mol. The highest BCUT2D eigenvalue weighted by molar-refractivity contribution is 5.97. The summed E-state index contributed by atoms with van der Waals surface area (Å²) in [6.07, 6.45) is 1.54. The average Bonchev–Trinajstić information content (AvgIpc) is 2.74. The number of hydrogen-bond acceptors (Lipinski definition) is 4. The van der Waals surface area contributed by atoms with Crippen LogP contribution in [0.3, 0.4) is 0 Å². The number of amides is 1. The van der Waals surface area contributed by atoms with Crippen LogP contribution in [0.25, 0.3) is 0 Å². The Balaban J connectivity index is 1.73. The molecule has 6 heteroatoms. The summed E-state index contributed by atoms with van der Waals surface area (Å²) in [6, 6.07) is 13.7. The van der Waals surface area contributed by atoms with Gasteiger partial charge < -0.3 is 19.5 Å². The van der Waals surface area contributed by atoms with Crippen LogP contribution in [0.5, 0.6) is 5.75 Å². The van der Waals surface area contributed by atoms with E-state index in [-0.39, 0.29) is 17.1 Å². The van der Waals surface area contributed by atoms with Crippen molar-refractivity contribution in [2.24, 2.45) is 0 Å². The van der Waals surface area contributed by atoms with Crippen molar-refractivity contribution >= 4 is 5.91 Å². The van der Waals surface area contributed by atoms with Gasteiger partial charge in [0.05, 0.1) is 12.2 Å². The third-order valence-electron chi connectivity index (χ3n) is 5.17. The van der Waals surface area contributed by atoms with E-state index < -0.39 is 0 Å². The zero-order valence-corrected chi connectivity index (χ0v) is 16.1. The van der Waals surface area contributed by atoms with Crippen LogP contribution in [-0.2, 0) is 14.9 Å². The lowest BCUT2D eigenvalue weighted by Gasteiger charge is -2.38. The maximum atomic E-state index is 13.4. The van der Waals surface area contributed by atoms with Gasteiger partial charge in [-0.2, -0.15) is 0 Å². The Morgan fingerprint density at radius 2 is 1.82 bits per heavy atom. The highest BCUT2D eigenvalue weighted by Gasteiger charge is 2.35. The van der Waals surface area contributed by atoms with Crippen molar-refractivity contribution in [1.82, 2.24) is 5.32 Å². The van der Waals surface area contributed by atoms with Crippen LogP contribution < -0.4 is 10.1 Å². The zero-order chi connectivity index (χ0) is 19.8. The number of hydrogen-bond donors (Lipinski definition) is 1. The van der Waals surface area contributed by atoms with Crippen LogP contribution in [0.1, 0.15) is 28.8 Å². The van der Waals surface area contributed by atoms with Gasteiger partial charge in [-0.25, -0.2) is 4.39 Å². The number of halogens is 1. The first kappa shape index (κ1) is 20.3. The molecular weight excluding hydrogens is 361 g/mol. The van der Waals surface area contributed by atoms with Crippen molar-refractivity contribution in [3.63, 3.8) is 0 Å². The minimum atomic E-state index is -0.270. The molecule has 0 radical (unpaired) electrons. The second kappa shape index (κ2) is 9.66. The van der Waals surface area contributed by atoms with E-state index in [4.69, 9.17) is 14.2 Å². The van der Waals surface area contributed by atoms with Crippen molar-refractivity contribution in [2.75, 3.05) is 40.1 Å². The summed E-state index contributed by atoms with van der Waals surface area (Å²) in [5.41, 5.74) is 1.23. The number of benzene rings is 2. The van der Waals surface area contributed by atoms with E-state index in [0.717, 1.165) is 18.4 Å². The number of carbonyl (C=O) groups excluding carboxylic acids is 1. The molecule has 1 heterocycles. The predicted molar refractivity (Wildman–Crippen MR) is 104 cm³/mol. The number of nitrogens with one attached hydrogen (secondary N) is 1. The second-order valence-corrected chi connectivity index (χ2v) is 6.92. The third-order valence-corrected chi connectivity index (χ3v) is 5.17. The van der Waals surface area contributed by atoms with Gasteiger partial charge in [-0.15, -0.1) is 0 Å². The molecule has 3 rings (SSSR count). The molecule has 1 saturated heterocycles. The predicted octanol–water partition coefficient (Wildman–Crippen LogP) is 3.33. The van der Waals surface area contributed by atoms with E-state index in [1.807, 2.05) is 12.1 Å². The number of carbonyl (C=O) groups is 1. The van der Waals surface area contributed by atoms with Gasteiger partial charge in [0.15, 0.2) is 0 Å². The SMILES string of the molecule is COCCOc1ccccc1C(=O)NCC1(c2ccc(F)cc2)CCOCC1. The van der Waals surface area contributed by atoms with E-state index in [9.17, 15) is 9.18 Å². The number of ether oxygens (including phenoxy) is 3. The van der Waals surface area contributed by atoms with Gasteiger partial charge in [0.25, 0.3) is 5.91 Å². The van der Waals surface area contributed by atoms with Crippen molar-refractivity contribution in [3.8, 4) is 5.75 Å². The summed E-state index contributed by atoms with van der Waals surface area (Å²) in [6.45, 7) is 2.50. The van der Waals surface area contributed by atoms with Crippen LogP contribution in [0, 0.1) is 5.82 Å². The molecule has 1 amide bonds. The Labute approximate surface area is 164 Å². The summed E-state index contributed by atoms with van der Waals surface area (Å²) in [5.74, 6) is 0.0676. The van der Waals surface area contributed by atoms with Crippen LogP contribution >= 0.6 is 0 Å². The van der Waals surface area contributed by atoms with Gasteiger partial charge >= 0.3 is 0 Å². The zero-order valence-electron chi connectivity index (χ0n) is 16.1. The molecule has 5 nitrogen and oxygen atoms in total. The van der Waals surface area contributed by atoms with E-state index in [0.29, 0.717) is 44.3 Å². The standard InChI is InChI=1S/C22H26FNO4/c1-26-14-15-28-20-5-3-2-4-19(20)21(25)24-16-22(10-12-27-13-11-22)17-6-8-18(23)9-7-17/h2-9H,10-16H2,1H3,(H,24,25). The second-order valence-electron chi connectivity index (χ2n) is 6.92. The maximum absolute atomic E-state index is 13.4. The summed E-state index contributed by atoms with van der Waals surface area (Å²) in [7, 11) is 1.60. The summed E-state index contributed by atoms with van der Waals surface area (Å²) < 4.78 is 29.5. The van der Waals surface area contributed by atoms with Crippen molar-refractivity contribution < 1.29 is 23.4 Å². The molecule has 0 bridgehead atoms. The molecule has 0 unspecified atom stereocenters. The first-order valence-corrected chi connectivity index (χ1v) is 9.47. The van der Waals surface area contributed by atoms with E-state index in [1.165, 1.54) is 12.1 Å². The fourth-order valence-electron chi connectivity index (χ4n) is 3.49. The molecule has 1 aliphatic rings. The molecule has 1 aliphatic heterocycles. The maximum Gasteiger partial charge on any atom is 0.255 e. The Morgan fingerprint density at radius 3 is 2.54 bits per heavy atom. The minimum absolute atomic E-state index is 0.194. The topological polar surface area (TPSA) is 56.8 Å². The van der Waals surface area contributed by atoms with Crippen LogP contribution in [0.15, 0.2) is 48.5 Å². The quantitative estimate of drug-likeness (QED) is 0.706. The lowest BCUT2D eigenvalue weighted by Crippen LogP contribution is -2.44. The Kier molecular flexibility index (Phi) is 7.01. The first-order valence-electron chi connectivity index (χ1n) is 9.47. The molecular formula is C22H26FNO4. The van der Waals surface area contributed by atoms with E-state index >= 15 is 0 Å². The molecule has 28 heavy (non-hydrogen) atoms. The van der Waals surface area contributed by atoms with Gasteiger partial charge in [-0.1, -0.05) is 24.3 Å². The van der Waals surface area contributed by atoms with Crippen molar-refractivity contribution in [3.05, 3.63) is 65.5 Å². The molecule has 150 valence electrons. The monoisotopic (exact) mass is 387 g/mol. The van der Waals surface area contributed by atoms with Gasteiger partial charge in [-0.05, 0) is 42.7 Å². The van der Waals surface area contributed by atoms with Crippen LogP contribution in [-0.4, -0.2) is 46.0 Å². The number of methoxy groups -OCH3 is 1. The Morgan fingerprint density at radius 1 is 1.11 bits per heavy atom. The van der Waals surface area contributed by atoms with Crippen LogP contribution in [0.2, 0.25) is 0 Å². The summed E-state index contributed by atoms with van der Waals surface area (Å²) >= 11 is 0. The van der Waals surface area contributed by atoms with Gasteiger partial charge in [0.2, 0.25) is 0 Å². The summed E-state index contributed by atoms with van der Waals surface area (Å²) in [4.78, 5) is 12.9. The van der Waals surface area contributed by atoms with Crippen LogP contribution in [0.4, 0.5) is 4.39 Å². The van der Waals surface area contributed by atoms with E-state index in [1.54, 1.807) is 31.4 Å². The molecule has 1 N–H and O–H groups in total. The molecule has 0 aromatic heterocycles. The molecule has 0 saturated carbocycles. The molecule has 0 atom stereocenters. The highest BCUT2D eigenvalue weighted by Crippen LogP contribution is 2.34. The molecule has 1 fully saturated rings. The number of rotatable bonds is 8. The first-order chi connectivity index (χ1) is 13.6. The molecule has 2 aromatic rings. The minimum Gasteiger partial charge on any atom is -0.490 e. The normalized spacial score (nSPS) is 15.8. The fraction of sp³-hybridized carbons (Fsp3) is 0.409. The largest absolute Gasteiger partial charge is 0.490 e. The van der Waals surface area contributed by atoms with Gasteiger partial charge in [0.1, 0.15) is 18.2 Å². The van der Waals surface area contributed by atoms with E-state index in [2.05, 4.69) is 5.32 Å². The molecule has 0 spiro atoms. The lowest BCUT2D eigenvalue weighted by molar-refractivity contribution is 0.0486. The Bertz CT molecular complexity index is 772. The molecule has 0 aliphatic carbocycles. The molecule has 2 aromatic carbocycles. The smallest absolute Gasteiger partial charge is 0.255 e. The third kappa shape index (κ3) is 4.88. The number of para-hydroxylation sites is 1.